The number of hydrogen-bond acceptors (Lipinski definition) is 3. The largest absolute Gasteiger partial charge is 0.435 e. The summed E-state index contributed by atoms with van der Waals surface area (Å²) >= 11 is 9.09. The van der Waals surface area contributed by atoms with E-state index in [1.54, 1.807) is 6.07 Å². The van der Waals surface area contributed by atoms with Gasteiger partial charge in [0, 0.05) is 10.2 Å². The van der Waals surface area contributed by atoms with Crippen molar-refractivity contribution in [3.05, 3.63) is 52.0 Å². The topological polar surface area (TPSA) is 55.4 Å². The summed E-state index contributed by atoms with van der Waals surface area (Å²) in [5.74, 6) is -0.0698. The predicted molar refractivity (Wildman–Crippen MR) is 83.0 cm³/mol. The third kappa shape index (κ3) is 4.31. The molecule has 0 aliphatic heterocycles. The molecule has 22 heavy (non-hydrogen) atoms. The van der Waals surface area contributed by atoms with Gasteiger partial charge in [-0.3, -0.25) is 4.72 Å². The summed E-state index contributed by atoms with van der Waals surface area (Å²) in [5, 5.41) is 0.0551. The Morgan fingerprint density at radius 2 is 1.77 bits per heavy atom. The maximum absolute atomic E-state index is 12.2. The summed E-state index contributed by atoms with van der Waals surface area (Å²) in [4.78, 5) is -0.0923. The van der Waals surface area contributed by atoms with Crippen molar-refractivity contribution in [3.63, 3.8) is 0 Å². The van der Waals surface area contributed by atoms with Crippen molar-refractivity contribution in [2.75, 3.05) is 4.72 Å². The molecule has 0 saturated heterocycles. The molecule has 2 aromatic rings. The lowest BCUT2D eigenvalue weighted by atomic mass is 10.3. The van der Waals surface area contributed by atoms with Gasteiger partial charge in [0.25, 0.3) is 10.0 Å². The van der Waals surface area contributed by atoms with Gasteiger partial charge in [0.15, 0.2) is 0 Å². The van der Waals surface area contributed by atoms with Crippen molar-refractivity contribution >= 4 is 43.2 Å². The third-order valence-electron chi connectivity index (χ3n) is 2.52. The highest BCUT2D eigenvalue weighted by Gasteiger charge is 2.18. The zero-order valence-corrected chi connectivity index (χ0v) is 13.9. The van der Waals surface area contributed by atoms with Gasteiger partial charge in [-0.2, -0.15) is 8.78 Å². The van der Waals surface area contributed by atoms with E-state index >= 15 is 0 Å². The molecule has 0 radical (unpaired) electrons. The number of alkyl halides is 2. The first-order valence-corrected chi connectivity index (χ1v) is 8.46. The number of ether oxygens (including phenoxy) is 1. The van der Waals surface area contributed by atoms with Crippen molar-refractivity contribution in [3.8, 4) is 5.75 Å². The second kappa shape index (κ2) is 6.80. The molecule has 1 N–H and O–H groups in total. The smallest absolute Gasteiger partial charge is 0.387 e. The SMILES string of the molecule is O=S(=O)(Nc1ccc(OC(F)F)cc1)c1ccc(Br)cc1Cl. The molecule has 0 amide bonds. The van der Waals surface area contributed by atoms with Crippen molar-refractivity contribution < 1.29 is 21.9 Å². The summed E-state index contributed by atoms with van der Waals surface area (Å²) < 4.78 is 55.7. The zero-order valence-electron chi connectivity index (χ0n) is 10.8. The van der Waals surface area contributed by atoms with Gasteiger partial charge in [0.2, 0.25) is 0 Å². The fraction of sp³-hybridized carbons (Fsp3) is 0.0769. The van der Waals surface area contributed by atoms with Gasteiger partial charge in [0.05, 0.1) is 5.02 Å². The van der Waals surface area contributed by atoms with E-state index in [4.69, 9.17) is 11.6 Å². The second-order valence-corrected chi connectivity index (χ2v) is 7.06. The van der Waals surface area contributed by atoms with Crippen LogP contribution in [0.4, 0.5) is 14.5 Å². The molecule has 0 bridgehead atoms. The van der Waals surface area contributed by atoms with Crippen LogP contribution in [0.25, 0.3) is 0 Å². The Morgan fingerprint density at radius 1 is 1.14 bits per heavy atom. The average molecular weight is 413 g/mol. The number of nitrogens with one attached hydrogen (secondary N) is 1. The number of anilines is 1. The van der Waals surface area contributed by atoms with E-state index < -0.39 is 16.6 Å². The molecule has 0 aliphatic carbocycles. The Kier molecular flexibility index (Phi) is 5.25. The van der Waals surface area contributed by atoms with Crippen LogP contribution in [-0.2, 0) is 10.0 Å². The highest BCUT2D eigenvalue weighted by atomic mass is 79.9. The molecule has 0 fully saturated rings. The number of benzene rings is 2. The minimum atomic E-state index is -3.89. The quantitative estimate of drug-likeness (QED) is 0.786. The number of hydrogen-bond donors (Lipinski definition) is 1. The van der Waals surface area contributed by atoms with Crippen LogP contribution in [-0.4, -0.2) is 15.0 Å². The number of rotatable bonds is 5. The van der Waals surface area contributed by atoms with Gasteiger partial charge in [0.1, 0.15) is 10.6 Å². The van der Waals surface area contributed by atoms with Crippen LogP contribution in [0.3, 0.4) is 0 Å². The molecule has 0 aromatic heterocycles. The molecule has 0 spiro atoms. The number of halogens is 4. The van der Waals surface area contributed by atoms with Gasteiger partial charge in [-0.1, -0.05) is 27.5 Å². The standard InChI is InChI=1S/C13H9BrClF2NO3S/c14-8-1-6-12(11(15)7-8)22(19,20)18-9-2-4-10(5-3-9)21-13(16)17/h1-7,13,18H. The van der Waals surface area contributed by atoms with E-state index in [2.05, 4.69) is 25.4 Å². The molecule has 2 aromatic carbocycles. The van der Waals surface area contributed by atoms with Gasteiger partial charge >= 0.3 is 6.61 Å². The number of sulfonamides is 1. The normalized spacial score (nSPS) is 11.5. The fourth-order valence-corrected chi connectivity index (χ4v) is 3.71. The molecular formula is C13H9BrClF2NO3S. The van der Waals surface area contributed by atoms with Crippen molar-refractivity contribution in [2.24, 2.45) is 0 Å². The molecule has 4 nitrogen and oxygen atoms in total. The fourth-order valence-electron chi connectivity index (χ4n) is 1.61. The minimum absolute atomic E-state index is 0.0551. The second-order valence-electron chi connectivity index (χ2n) is 4.08. The van der Waals surface area contributed by atoms with E-state index in [0.29, 0.717) is 4.47 Å². The van der Waals surface area contributed by atoms with Crippen LogP contribution in [0.15, 0.2) is 51.8 Å². The van der Waals surface area contributed by atoms with Crippen LogP contribution < -0.4 is 9.46 Å². The monoisotopic (exact) mass is 411 g/mol. The van der Waals surface area contributed by atoms with Crippen LogP contribution in [0.5, 0.6) is 5.75 Å². The molecule has 0 unspecified atom stereocenters. The average Bonchev–Trinajstić information content (AvgIpc) is 2.39. The van der Waals surface area contributed by atoms with E-state index in [9.17, 15) is 17.2 Å². The van der Waals surface area contributed by atoms with E-state index in [1.165, 1.54) is 36.4 Å². The van der Waals surface area contributed by atoms with Gasteiger partial charge in [-0.05, 0) is 42.5 Å². The third-order valence-corrected chi connectivity index (χ3v) is 4.87. The lowest BCUT2D eigenvalue weighted by Gasteiger charge is -2.10. The van der Waals surface area contributed by atoms with Crippen LogP contribution in [0.2, 0.25) is 5.02 Å². The van der Waals surface area contributed by atoms with E-state index in [-0.39, 0.29) is 21.4 Å². The Morgan fingerprint density at radius 3 is 2.32 bits per heavy atom. The summed E-state index contributed by atoms with van der Waals surface area (Å²) in [6.07, 6.45) is 0. The first-order chi connectivity index (χ1) is 10.3. The van der Waals surface area contributed by atoms with Gasteiger partial charge in [-0.25, -0.2) is 8.42 Å². The lowest BCUT2D eigenvalue weighted by molar-refractivity contribution is -0.0498. The first-order valence-electron chi connectivity index (χ1n) is 5.81. The highest BCUT2D eigenvalue weighted by molar-refractivity contribution is 9.10. The molecule has 118 valence electrons. The lowest BCUT2D eigenvalue weighted by Crippen LogP contribution is -2.13. The molecule has 9 heteroatoms. The maximum Gasteiger partial charge on any atom is 0.387 e. The van der Waals surface area contributed by atoms with E-state index in [1.807, 2.05) is 0 Å². The van der Waals surface area contributed by atoms with Crippen LogP contribution in [0, 0.1) is 0 Å². The Labute approximate surface area is 139 Å². The molecule has 0 saturated carbocycles. The van der Waals surface area contributed by atoms with Crippen LogP contribution >= 0.6 is 27.5 Å². The summed E-state index contributed by atoms with van der Waals surface area (Å²) in [5.41, 5.74) is 0.195. The van der Waals surface area contributed by atoms with Crippen molar-refractivity contribution in [2.45, 2.75) is 11.5 Å². The summed E-state index contributed by atoms with van der Waals surface area (Å²) in [6, 6.07) is 9.42. The molecule has 0 heterocycles. The summed E-state index contributed by atoms with van der Waals surface area (Å²) in [7, 11) is -3.89. The van der Waals surface area contributed by atoms with E-state index in [0.717, 1.165) is 0 Å². The Bertz CT molecular complexity index is 769. The first kappa shape index (κ1) is 17.0. The van der Waals surface area contributed by atoms with Gasteiger partial charge in [-0.15, -0.1) is 0 Å². The molecular weight excluding hydrogens is 404 g/mol. The minimum Gasteiger partial charge on any atom is -0.435 e. The highest BCUT2D eigenvalue weighted by Crippen LogP contribution is 2.27. The van der Waals surface area contributed by atoms with Crippen molar-refractivity contribution in [1.82, 2.24) is 0 Å². The Hall–Kier alpha value is -1.38. The maximum atomic E-state index is 12.2. The zero-order chi connectivity index (χ0) is 16.3. The van der Waals surface area contributed by atoms with Crippen LogP contribution in [0.1, 0.15) is 0 Å². The molecule has 0 atom stereocenters. The molecule has 2 rings (SSSR count). The molecule has 0 aliphatic rings. The summed E-state index contributed by atoms with van der Waals surface area (Å²) in [6.45, 7) is -2.94. The van der Waals surface area contributed by atoms with Crippen molar-refractivity contribution in [1.29, 1.82) is 0 Å². The van der Waals surface area contributed by atoms with Gasteiger partial charge < -0.3 is 4.74 Å². The predicted octanol–water partition coefficient (Wildman–Crippen LogP) is 4.50. The Balaban J connectivity index is 2.21.